The summed E-state index contributed by atoms with van der Waals surface area (Å²) in [5.74, 6) is 0.183. The Balaban J connectivity index is 2.79. The Morgan fingerprint density at radius 2 is 2.06 bits per heavy atom. The molecule has 0 spiro atoms. The fourth-order valence-corrected chi connectivity index (χ4v) is 3.09. The van der Waals surface area contributed by atoms with Gasteiger partial charge in [-0.15, -0.1) is 11.8 Å². The Labute approximate surface area is 112 Å². The summed E-state index contributed by atoms with van der Waals surface area (Å²) in [5, 5.41) is 1.16. The first-order valence-corrected chi connectivity index (χ1v) is 7.19. The molecule has 0 aliphatic carbocycles. The van der Waals surface area contributed by atoms with Crippen LogP contribution in [0, 0.1) is 13.8 Å². The van der Waals surface area contributed by atoms with Crippen molar-refractivity contribution in [1.82, 2.24) is 4.98 Å². The van der Waals surface area contributed by atoms with Crippen LogP contribution in [0.25, 0.3) is 10.9 Å². The normalized spacial score (nSPS) is 10.9. The molecular formula is C15H17NOS. The first-order chi connectivity index (χ1) is 8.54. The van der Waals surface area contributed by atoms with Crippen LogP contribution < -0.4 is 0 Å². The van der Waals surface area contributed by atoms with Crippen molar-refractivity contribution in [3.8, 4) is 0 Å². The lowest BCUT2D eigenvalue weighted by molar-refractivity contribution is -0.116. The van der Waals surface area contributed by atoms with Gasteiger partial charge >= 0.3 is 0 Å². The molecule has 0 amide bonds. The molecule has 0 atom stereocenters. The van der Waals surface area contributed by atoms with Gasteiger partial charge in [0.1, 0.15) is 5.78 Å². The Kier molecular flexibility index (Phi) is 3.71. The number of carbonyl (C=O) groups excluding carboxylic acids is 1. The van der Waals surface area contributed by atoms with Gasteiger partial charge < -0.3 is 0 Å². The van der Waals surface area contributed by atoms with Crippen LogP contribution in [0.2, 0.25) is 0 Å². The van der Waals surface area contributed by atoms with Gasteiger partial charge in [0.25, 0.3) is 0 Å². The van der Waals surface area contributed by atoms with Crippen LogP contribution in [0.1, 0.15) is 23.7 Å². The minimum absolute atomic E-state index is 0.183. The molecule has 1 aromatic heterocycles. The number of aryl methyl sites for hydroxylation is 2. The van der Waals surface area contributed by atoms with Gasteiger partial charge in [-0.1, -0.05) is 18.2 Å². The topological polar surface area (TPSA) is 30.0 Å². The number of nitrogens with zero attached hydrogens (tertiary/aromatic N) is 1. The monoisotopic (exact) mass is 259 g/mol. The average Bonchev–Trinajstić information content (AvgIpc) is 2.31. The maximum absolute atomic E-state index is 11.4. The lowest BCUT2D eigenvalue weighted by Crippen LogP contribution is -2.04. The first-order valence-electron chi connectivity index (χ1n) is 5.96. The second kappa shape index (κ2) is 5.11. The predicted molar refractivity (Wildman–Crippen MR) is 77.4 cm³/mol. The summed E-state index contributed by atoms with van der Waals surface area (Å²) in [7, 11) is 0. The summed E-state index contributed by atoms with van der Waals surface area (Å²) in [6.07, 6.45) is 2.53. The lowest BCUT2D eigenvalue weighted by atomic mass is 10.0. The number of thioether (sulfide) groups is 1. The van der Waals surface area contributed by atoms with Gasteiger partial charge in [0.05, 0.1) is 5.52 Å². The van der Waals surface area contributed by atoms with Crippen LogP contribution in [-0.4, -0.2) is 17.0 Å². The minimum Gasteiger partial charge on any atom is -0.300 e. The molecular weight excluding hydrogens is 242 g/mol. The number of hydrogen-bond acceptors (Lipinski definition) is 3. The number of rotatable bonds is 3. The van der Waals surface area contributed by atoms with Crippen LogP contribution in [0.4, 0.5) is 0 Å². The molecule has 0 fully saturated rings. The molecule has 0 aliphatic heterocycles. The fourth-order valence-electron chi connectivity index (χ4n) is 2.24. The number of aromatic nitrogens is 1. The molecule has 0 saturated carbocycles. The number of para-hydroxylation sites is 1. The van der Waals surface area contributed by atoms with Crippen molar-refractivity contribution in [1.29, 1.82) is 0 Å². The van der Waals surface area contributed by atoms with Crippen molar-refractivity contribution in [3.63, 3.8) is 0 Å². The first kappa shape index (κ1) is 13.1. The van der Waals surface area contributed by atoms with Crippen LogP contribution in [0.5, 0.6) is 0 Å². The Bertz CT molecular complexity index is 619. The van der Waals surface area contributed by atoms with E-state index in [0.717, 1.165) is 22.2 Å². The van der Waals surface area contributed by atoms with Crippen molar-refractivity contribution in [3.05, 3.63) is 35.0 Å². The highest BCUT2D eigenvalue weighted by Gasteiger charge is 2.14. The zero-order valence-corrected chi connectivity index (χ0v) is 12.0. The molecule has 1 aromatic carbocycles. The Hall–Kier alpha value is -1.35. The van der Waals surface area contributed by atoms with Crippen LogP contribution in [0.15, 0.2) is 23.1 Å². The number of carbonyl (C=O) groups is 1. The lowest BCUT2D eigenvalue weighted by Gasteiger charge is -2.13. The number of hydrogen-bond donors (Lipinski definition) is 0. The third kappa shape index (κ3) is 2.27. The van der Waals surface area contributed by atoms with E-state index >= 15 is 0 Å². The molecule has 0 N–H and O–H groups in total. The van der Waals surface area contributed by atoms with Gasteiger partial charge in [-0.3, -0.25) is 9.78 Å². The summed E-state index contributed by atoms with van der Waals surface area (Å²) in [4.78, 5) is 17.3. The molecule has 2 aromatic rings. The van der Waals surface area contributed by atoms with E-state index in [9.17, 15) is 4.79 Å². The second-order valence-corrected chi connectivity index (χ2v) is 5.38. The SMILES string of the molecule is CSc1c(CC(C)=O)c(C)nc2c(C)cccc12. The highest BCUT2D eigenvalue weighted by atomic mass is 32.2. The van der Waals surface area contributed by atoms with E-state index in [1.165, 1.54) is 10.5 Å². The molecule has 2 rings (SSSR count). The van der Waals surface area contributed by atoms with Crippen LogP contribution >= 0.6 is 11.8 Å². The Morgan fingerprint density at radius 3 is 2.67 bits per heavy atom. The smallest absolute Gasteiger partial charge is 0.134 e. The largest absolute Gasteiger partial charge is 0.300 e. The second-order valence-electron chi connectivity index (χ2n) is 4.56. The van der Waals surface area contributed by atoms with Gasteiger partial charge in [0, 0.05) is 22.4 Å². The molecule has 0 saturated heterocycles. The van der Waals surface area contributed by atoms with Gasteiger partial charge in [0.2, 0.25) is 0 Å². The van der Waals surface area contributed by atoms with E-state index in [0.29, 0.717) is 6.42 Å². The maximum atomic E-state index is 11.4. The summed E-state index contributed by atoms with van der Waals surface area (Å²) < 4.78 is 0. The van der Waals surface area contributed by atoms with Crippen molar-refractivity contribution in [2.75, 3.05) is 6.26 Å². The van der Waals surface area contributed by atoms with Gasteiger partial charge in [-0.2, -0.15) is 0 Å². The quantitative estimate of drug-likeness (QED) is 0.787. The van der Waals surface area contributed by atoms with Crippen molar-refractivity contribution in [2.45, 2.75) is 32.1 Å². The average molecular weight is 259 g/mol. The van der Waals surface area contributed by atoms with Gasteiger partial charge in [-0.05, 0) is 38.2 Å². The maximum Gasteiger partial charge on any atom is 0.134 e. The fraction of sp³-hybridized carbons (Fsp3) is 0.333. The molecule has 0 aliphatic rings. The minimum atomic E-state index is 0.183. The summed E-state index contributed by atoms with van der Waals surface area (Å²) in [5.41, 5.74) is 4.27. The van der Waals surface area contributed by atoms with E-state index in [4.69, 9.17) is 0 Å². The summed E-state index contributed by atoms with van der Waals surface area (Å²) >= 11 is 1.70. The number of benzene rings is 1. The van der Waals surface area contributed by atoms with E-state index in [2.05, 4.69) is 30.3 Å². The van der Waals surface area contributed by atoms with Crippen molar-refractivity contribution < 1.29 is 4.79 Å². The highest BCUT2D eigenvalue weighted by molar-refractivity contribution is 7.98. The number of ketones is 1. The van der Waals surface area contributed by atoms with Gasteiger partial charge in [-0.25, -0.2) is 0 Å². The van der Waals surface area contributed by atoms with E-state index in [-0.39, 0.29) is 5.78 Å². The Morgan fingerprint density at radius 1 is 1.33 bits per heavy atom. The standard InChI is InChI=1S/C15H17NOS/c1-9-6-5-7-12-14(9)16-11(3)13(8-10(2)17)15(12)18-4/h5-7H,8H2,1-4H3. The van der Waals surface area contributed by atoms with Crippen molar-refractivity contribution >= 4 is 28.4 Å². The number of fused-ring (bicyclic) bond motifs is 1. The molecule has 94 valence electrons. The van der Waals surface area contributed by atoms with Gasteiger partial charge in [0.15, 0.2) is 0 Å². The molecule has 0 radical (unpaired) electrons. The third-order valence-electron chi connectivity index (χ3n) is 3.10. The molecule has 18 heavy (non-hydrogen) atoms. The van der Waals surface area contributed by atoms with Crippen LogP contribution in [-0.2, 0) is 11.2 Å². The summed E-state index contributed by atoms with van der Waals surface area (Å²) in [6, 6.07) is 6.21. The summed E-state index contributed by atoms with van der Waals surface area (Å²) in [6.45, 7) is 5.69. The molecule has 2 nitrogen and oxygen atoms in total. The number of pyridine rings is 1. The molecule has 1 heterocycles. The highest BCUT2D eigenvalue weighted by Crippen LogP contribution is 2.32. The van der Waals surface area contributed by atoms with Crippen molar-refractivity contribution in [2.24, 2.45) is 0 Å². The molecule has 0 unspecified atom stereocenters. The third-order valence-corrected chi connectivity index (χ3v) is 3.98. The predicted octanol–water partition coefficient (Wildman–Crippen LogP) is 3.71. The van der Waals surface area contributed by atoms with E-state index in [1.807, 2.05) is 13.0 Å². The molecule has 3 heteroatoms. The zero-order valence-electron chi connectivity index (χ0n) is 11.2. The zero-order chi connectivity index (χ0) is 13.3. The number of Topliss-reactive ketones (excluding diaryl/α,β-unsaturated/α-hetero) is 1. The molecule has 0 bridgehead atoms. The van der Waals surface area contributed by atoms with E-state index < -0.39 is 0 Å². The van der Waals surface area contributed by atoms with E-state index in [1.54, 1.807) is 18.7 Å². The van der Waals surface area contributed by atoms with Crippen LogP contribution in [0.3, 0.4) is 0 Å².